The van der Waals surface area contributed by atoms with Gasteiger partial charge in [-0.05, 0) is 55.4 Å². The van der Waals surface area contributed by atoms with Crippen molar-refractivity contribution in [2.75, 3.05) is 13.1 Å². The maximum atomic E-state index is 13.0. The predicted octanol–water partition coefficient (Wildman–Crippen LogP) is 4.01. The molecule has 2 aromatic rings. The minimum atomic E-state index is 0.0148. The van der Waals surface area contributed by atoms with E-state index in [9.17, 15) is 9.59 Å². The first kappa shape index (κ1) is 21.5. The van der Waals surface area contributed by atoms with Crippen molar-refractivity contribution in [1.82, 2.24) is 19.2 Å². The van der Waals surface area contributed by atoms with Crippen LogP contribution < -0.4 is 5.69 Å². The average Bonchev–Trinajstić information content (AvgIpc) is 3.01. The zero-order chi connectivity index (χ0) is 22.0. The highest BCUT2D eigenvalue weighted by Gasteiger charge is 2.38. The first-order valence-electron chi connectivity index (χ1n) is 12.6. The van der Waals surface area contributed by atoms with Crippen LogP contribution in [0.4, 0.5) is 0 Å². The van der Waals surface area contributed by atoms with Crippen LogP contribution in [0.15, 0.2) is 35.1 Å². The number of fused-ring (bicyclic) bond motifs is 1. The van der Waals surface area contributed by atoms with Crippen molar-refractivity contribution >= 4 is 5.91 Å². The number of aromatic nitrogens is 3. The molecule has 3 heterocycles. The molecule has 0 radical (unpaired) electrons. The Morgan fingerprint density at radius 3 is 2.44 bits per heavy atom. The van der Waals surface area contributed by atoms with Gasteiger partial charge in [-0.1, -0.05) is 49.6 Å². The molecule has 172 valence electrons. The third-order valence-corrected chi connectivity index (χ3v) is 8.28. The van der Waals surface area contributed by atoms with Crippen molar-refractivity contribution in [2.24, 2.45) is 11.3 Å². The number of aryl methyl sites for hydroxylation is 1. The smallest absolute Gasteiger partial charge is 0.343 e. The monoisotopic (exact) mass is 436 g/mol. The molecule has 5 rings (SSSR count). The molecule has 6 heteroatoms. The molecule has 0 unspecified atom stereocenters. The van der Waals surface area contributed by atoms with Crippen LogP contribution in [0.5, 0.6) is 0 Å². The minimum absolute atomic E-state index is 0.0148. The van der Waals surface area contributed by atoms with Gasteiger partial charge in [0.05, 0.1) is 6.54 Å². The van der Waals surface area contributed by atoms with E-state index in [1.165, 1.54) is 32.1 Å². The first-order valence-corrected chi connectivity index (χ1v) is 12.6. The van der Waals surface area contributed by atoms with Gasteiger partial charge in [-0.2, -0.15) is 5.10 Å². The summed E-state index contributed by atoms with van der Waals surface area (Å²) in [5.74, 6) is 1.91. The van der Waals surface area contributed by atoms with Crippen LogP contribution in [-0.4, -0.2) is 38.2 Å². The molecule has 3 aliphatic rings. The van der Waals surface area contributed by atoms with Gasteiger partial charge in [0, 0.05) is 32.5 Å². The van der Waals surface area contributed by atoms with Crippen molar-refractivity contribution in [3.8, 4) is 0 Å². The fourth-order valence-electron chi connectivity index (χ4n) is 6.10. The maximum Gasteiger partial charge on any atom is 0.346 e. The summed E-state index contributed by atoms with van der Waals surface area (Å²) in [7, 11) is 0. The lowest BCUT2D eigenvalue weighted by atomic mass is 9.72. The topological polar surface area (TPSA) is 60.1 Å². The molecule has 1 spiro atoms. The molecule has 6 nitrogen and oxygen atoms in total. The fraction of sp³-hybridized carbons (Fsp3) is 0.654. The van der Waals surface area contributed by atoms with E-state index in [1.54, 1.807) is 4.68 Å². The van der Waals surface area contributed by atoms with Gasteiger partial charge in [0.2, 0.25) is 5.91 Å². The number of amides is 1. The lowest BCUT2D eigenvalue weighted by Crippen LogP contribution is -2.44. The molecule has 1 aromatic heterocycles. The van der Waals surface area contributed by atoms with E-state index in [2.05, 4.69) is 4.90 Å². The third-order valence-electron chi connectivity index (χ3n) is 8.28. The second kappa shape index (κ2) is 9.24. The normalized spacial score (nSPS) is 21.3. The molecule has 32 heavy (non-hydrogen) atoms. The van der Waals surface area contributed by atoms with Gasteiger partial charge in [-0.15, -0.1) is 0 Å². The summed E-state index contributed by atoms with van der Waals surface area (Å²) in [5, 5.41) is 4.69. The van der Waals surface area contributed by atoms with Gasteiger partial charge in [0.15, 0.2) is 0 Å². The summed E-state index contributed by atoms with van der Waals surface area (Å²) in [6.07, 6.45) is 12.2. The van der Waals surface area contributed by atoms with E-state index in [1.807, 2.05) is 34.9 Å². The fourth-order valence-corrected chi connectivity index (χ4v) is 6.10. The lowest BCUT2D eigenvalue weighted by molar-refractivity contribution is -0.135. The Balaban J connectivity index is 1.18. The lowest BCUT2D eigenvalue weighted by Gasteiger charge is -2.42. The average molecular weight is 437 g/mol. The van der Waals surface area contributed by atoms with Crippen molar-refractivity contribution in [1.29, 1.82) is 0 Å². The number of benzene rings is 1. The summed E-state index contributed by atoms with van der Waals surface area (Å²) in [5.41, 5.74) is 1.37. The zero-order valence-electron chi connectivity index (χ0n) is 19.2. The van der Waals surface area contributed by atoms with Gasteiger partial charge in [0.25, 0.3) is 0 Å². The van der Waals surface area contributed by atoms with Crippen LogP contribution in [0.3, 0.4) is 0 Å². The van der Waals surface area contributed by atoms with Crippen LogP contribution in [0.25, 0.3) is 0 Å². The van der Waals surface area contributed by atoms with Crippen LogP contribution >= 0.6 is 0 Å². The molecular formula is C26H36N4O2. The summed E-state index contributed by atoms with van der Waals surface area (Å²) < 4.78 is 3.52. The Bertz CT molecular complexity index is 979. The maximum absolute atomic E-state index is 13.0. The number of carbonyl (C=O) groups excluding carboxylic acids is 1. The first-order chi connectivity index (χ1) is 15.6. The molecular weight excluding hydrogens is 400 g/mol. The minimum Gasteiger partial charge on any atom is -0.343 e. The van der Waals surface area contributed by atoms with Crippen LogP contribution in [0.2, 0.25) is 0 Å². The van der Waals surface area contributed by atoms with Crippen molar-refractivity contribution in [3.63, 3.8) is 0 Å². The van der Waals surface area contributed by atoms with Crippen LogP contribution in [0, 0.1) is 11.3 Å². The van der Waals surface area contributed by atoms with Crippen molar-refractivity contribution in [3.05, 3.63) is 52.2 Å². The molecule has 2 aliphatic heterocycles. The van der Waals surface area contributed by atoms with Crippen LogP contribution in [-0.2, 0) is 24.3 Å². The molecule has 1 aromatic carbocycles. The number of hydrogen-bond donors (Lipinski definition) is 0. The Kier molecular flexibility index (Phi) is 6.20. The molecule has 1 saturated heterocycles. The second-order valence-electron chi connectivity index (χ2n) is 10.3. The van der Waals surface area contributed by atoms with E-state index in [0.717, 1.165) is 69.5 Å². The van der Waals surface area contributed by atoms with E-state index < -0.39 is 0 Å². The molecule has 1 saturated carbocycles. The van der Waals surface area contributed by atoms with E-state index in [4.69, 9.17) is 5.10 Å². The molecule has 1 aliphatic carbocycles. The highest BCUT2D eigenvalue weighted by molar-refractivity contribution is 5.76. The highest BCUT2D eigenvalue weighted by atomic mass is 16.2. The summed E-state index contributed by atoms with van der Waals surface area (Å²) in [4.78, 5) is 27.9. The molecule has 0 bridgehead atoms. The molecule has 2 fully saturated rings. The van der Waals surface area contributed by atoms with Crippen LogP contribution in [0.1, 0.15) is 75.6 Å². The molecule has 0 atom stereocenters. The predicted molar refractivity (Wildman–Crippen MR) is 124 cm³/mol. The second-order valence-corrected chi connectivity index (χ2v) is 10.3. The van der Waals surface area contributed by atoms with E-state index in [-0.39, 0.29) is 11.1 Å². The van der Waals surface area contributed by atoms with Gasteiger partial charge >= 0.3 is 5.69 Å². The quantitative estimate of drug-likeness (QED) is 0.728. The van der Waals surface area contributed by atoms with Gasteiger partial charge in [-0.3, -0.25) is 9.36 Å². The third kappa shape index (κ3) is 4.55. The Labute approximate surface area is 190 Å². The van der Waals surface area contributed by atoms with Gasteiger partial charge in [0.1, 0.15) is 5.82 Å². The molecule has 0 N–H and O–H groups in total. The Morgan fingerprint density at radius 1 is 0.969 bits per heavy atom. The number of likely N-dealkylation sites (tertiary alicyclic amines) is 1. The number of rotatable bonds is 4. The summed E-state index contributed by atoms with van der Waals surface area (Å²) in [6.45, 7) is 3.04. The van der Waals surface area contributed by atoms with Gasteiger partial charge in [-0.25, -0.2) is 9.48 Å². The standard InChI is InChI=1S/C26H36N4O2/c31-24(19-21-7-3-1-4-8-21)28-16-13-26(14-17-28)12-11-23-27-30(25(32)29(23)18-15-26)20-22-9-5-2-6-10-22/h2,5-6,9-10,21H,1,3-4,7-8,11-20H2. The van der Waals surface area contributed by atoms with Crippen molar-refractivity contribution < 1.29 is 4.79 Å². The molecule has 1 amide bonds. The Morgan fingerprint density at radius 2 is 1.69 bits per heavy atom. The van der Waals surface area contributed by atoms with E-state index in [0.29, 0.717) is 18.4 Å². The van der Waals surface area contributed by atoms with Gasteiger partial charge < -0.3 is 4.90 Å². The highest BCUT2D eigenvalue weighted by Crippen LogP contribution is 2.41. The number of carbonyl (C=O) groups is 1. The largest absolute Gasteiger partial charge is 0.346 e. The number of piperidine rings is 1. The number of hydrogen-bond acceptors (Lipinski definition) is 3. The summed E-state index contributed by atoms with van der Waals surface area (Å²) >= 11 is 0. The van der Waals surface area contributed by atoms with Crippen molar-refractivity contribution in [2.45, 2.75) is 83.7 Å². The Hall–Kier alpha value is -2.37. The summed E-state index contributed by atoms with van der Waals surface area (Å²) in [6, 6.07) is 10.1. The number of nitrogens with zero attached hydrogens (tertiary/aromatic N) is 4. The SMILES string of the molecule is O=C(CC1CCCCC1)N1CCC2(CCc3nn(Cc4ccccc4)c(=O)n3CC2)CC1. The van der Waals surface area contributed by atoms with E-state index >= 15 is 0 Å². The zero-order valence-corrected chi connectivity index (χ0v) is 19.2.